The number of halogens is 2. The molecule has 0 saturated carbocycles. The number of methoxy groups -OCH3 is 1. The van der Waals surface area contributed by atoms with Crippen molar-refractivity contribution in [1.29, 1.82) is 0 Å². The molecule has 0 heterocycles. The number of hydrogen-bond acceptors (Lipinski definition) is 2. The molecule has 96 valence electrons. The largest absolute Gasteiger partial charge is 0.377 e. The Labute approximate surface area is 107 Å². The summed E-state index contributed by atoms with van der Waals surface area (Å²) >= 11 is 6.00. The van der Waals surface area contributed by atoms with Crippen molar-refractivity contribution in [2.24, 2.45) is 0 Å². The second-order valence-electron chi connectivity index (χ2n) is 4.73. The van der Waals surface area contributed by atoms with Crippen molar-refractivity contribution in [2.75, 3.05) is 13.7 Å². The second kappa shape index (κ2) is 5.80. The molecule has 1 aromatic rings. The molecule has 1 atom stereocenters. The zero-order chi connectivity index (χ0) is 13.1. The van der Waals surface area contributed by atoms with Crippen molar-refractivity contribution in [3.63, 3.8) is 0 Å². The number of rotatable bonds is 5. The van der Waals surface area contributed by atoms with Crippen LogP contribution in [0.25, 0.3) is 0 Å². The smallest absolute Gasteiger partial charge is 0.124 e. The second-order valence-corrected chi connectivity index (χ2v) is 5.14. The van der Waals surface area contributed by atoms with Gasteiger partial charge >= 0.3 is 0 Å². The standard InChI is InChI=1S/C13H19ClFNO/c1-9(16-8-13(2,3)17-4)11-6-5-10(15)7-12(11)14/h5-7,9,16H,8H2,1-4H3. The maximum atomic E-state index is 12.9. The highest BCUT2D eigenvalue weighted by Crippen LogP contribution is 2.24. The van der Waals surface area contributed by atoms with Crippen LogP contribution in [0.3, 0.4) is 0 Å². The Bertz CT molecular complexity index is 382. The Balaban J connectivity index is 2.67. The van der Waals surface area contributed by atoms with Crippen LogP contribution in [0.5, 0.6) is 0 Å². The van der Waals surface area contributed by atoms with Gasteiger partial charge in [-0.2, -0.15) is 0 Å². The fourth-order valence-corrected chi connectivity index (χ4v) is 1.76. The molecule has 0 fully saturated rings. The van der Waals surface area contributed by atoms with Crippen molar-refractivity contribution < 1.29 is 9.13 Å². The molecule has 4 heteroatoms. The van der Waals surface area contributed by atoms with Crippen LogP contribution >= 0.6 is 11.6 Å². The lowest BCUT2D eigenvalue weighted by Gasteiger charge is -2.26. The first kappa shape index (κ1) is 14.4. The van der Waals surface area contributed by atoms with Crippen molar-refractivity contribution in [1.82, 2.24) is 5.32 Å². The molecule has 0 aliphatic rings. The summed E-state index contributed by atoms with van der Waals surface area (Å²) < 4.78 is 18.2. The number of hydrogen-bond donors (Lipinski definition) is 1. The predicted molar refractivity (Wildman–Crippen MR) is 68.9 cm³/mol. The highest BCUT2D eigenvalue weighted by Gasteiger charge is 2.18. The minimum Gasteiger partial charge on any atom is -0.377 e. The average molecular weight is 260 g/mol. The van der Waals surface area contributed by atoms with Crippen molar-refractivity contribution in [2.45, 2.75) is 32.4 Å². The SMILES string of the molecule is COC(C)(C)CNC(C)c1ccc(F)cc1Cl. The molecule has 0 aromatic heterocycles. The third-order valence-electron chi connectivity index (χ3n) is 2.82. The summed E-state index contributed by atoms with van der Waals surface area (Å²) in [5.41, 5.74) is 0.654. The molecule has 0 spiro atoms. The van der Waals surface area contributed by atoms with Crippen molar-refractivity contribution >= 4 is 11.6 Å². The first-order chi connectivity index (χ1) is 7.85. The van der Waals surface area contributed by atoms with Gasteiger partial charge in [-0.15, -0.1) is 0 Å². The third kappa shape index (κ3) is 4.26. The van der Waals surface area contributed by atoms with Crippen LogP contribution in [0.4, 0.5) is 4.39 Å². The van der Waals surface area contributed by atoms with E-state index in [1.54, 1.807) is 13.2 Å². The molecule has 0 aliphatic heterocycles. The molecule has 1 aromatic carbocycles. The van der Waals surface area contributed by atoms with E-state index in [4.69, 9.17) is 16.3 Å². The van der Waals surface area contributed by atoms with Crippen molar-refractivity contribution in [3.05, 3.63) is 34.6 Å². The summed E-state index contributed by atoms with van der Waals surface area (Å²) in [5.74, 6) is -0.317. The van der Waals surface area contributed by atoms with Gasteiger partial charge in [-0.3, -0.25) is 0 Å². The van der Waals surface area contributed by atoms with Gasteiger partial charge in [0.05, 0.1) is 5.60 Å². The van der Waals surface area contributed by atoms with Gasteiger partial charge in [0.1, 0.15) is 5.82 Å². The lowest BCUT2D eigenvalue weighted by molar-refractivity contribution is 0.0214. The highest BCUT2D eigenvalue weighted by atomic mass is 35.5. The van der Waals surface area contributed by atoms with Gasteiger partial charge in [0.15, 0.2) is 0 Å². The lowest BCUT2D eigenvalue weighted by atomic mass is 10.1. The quantitative estimate of drug-likeness (QED) is 0.873. The van der Waals surface area contributed by atoms with Crippen LogP contribution in [-0.4, -0.2) is 19.3 Å². The summed E-state index contributed by atoms with van der Waals surface area (Å²) in [7, 11) is 1.68. The fourth-order valence-electron chi connectivity index (χ4n) is 1.43. The lowest BCUT2D eigenvalue weighted by Crippen LogP contribution is -2.37. The molecule has 1 unspecified atom stereocenters. The van der Waals surface area contributed by atoms with Crippen LogP contribution in [-0.2, 0) is 4.74 Å². The summed E-state index contributed by atoms with van der Waals surface area (Å²) in [6, 6.07) is 4.50. The first-order valence-corrected chi connectivity index (χ1v) is 5.97. The Hall–Kier alpha value is -0.640. The van der Waals surface area contributed by atoms with E-state index in [2.05, 4.69) is 5.32 Å². The molecule has 0 radical (unpaired) electrons. The Morgan fingerprint density at radius 3 is 2.65 bits per heavy atom. The van der Waals surface area contributed by atoms with Gasteiger partial charge < -0.3 is 10.1 Å². The van der Waals surface area contributed by atoms with E-state index >= 15 is 0 Å². The van der Waals surface area contributed by atoms with Crippen LogP contribution < -0.4 is 5.32 Å². The zero-order valence-corrected chi connectivity index (χ0v) is 11.4. The van der Waals surface area contributed by atoms with E-state index < -0.39 is 0 Å². The predicted octanol–water partition coefficient (Wildman–Crippen LogP) is 3.55. The molecule has 0 saturated heterocycles. The topological polar surface area (TPSA) is 21.3 Å². The van der Waals surface area contributed by atoms with Crippen LogP contribution in [0, 0.1) is 5.82 Å². The van der Waals surface area contributed by atoms with Crippen molar-refractivity contribution in [3.8, 4) is 0 Å². The van der Waals surface area contributed by atoms with E-state index in [-0.39, 0.29) is 17.5 Å². The fraction of sp³-hybridized carbons (Fsp3) is 0.538. The van der Waals surface area contributed by atoms with E-state index in [0.717, 1.165) is 5.56 Å². The maximum Gasteiger partial charge on any atom is 0.124 e. The van der Waals surface area contributed by atoms with Gasteiger partial charge in [-0.05, 0) is 38.5 Å². The van der Waals surface area contributed by atoms with Crippen LogP contribution in [0.1, 0.15) is 32.4 Å². The van der Waals surface area contributed by atoms with Gasteiger partial charge in [0.25, 0.3) is 0 Å². The molecule has 1 N–H and O–H groups in total. The maximum absolute atomic E-state index is 12.9. The molecule has 2 nitrogen and oxygen atoms in total. The molecular weight excluding hydrogens is 241 g/mol. The molecular formula is C13H19ClFNO. The monoisotopic (exact) mass is 259 g/mol. The first-order valence-electron chi connectivity index (χ1n) is 5.59. The third-order valence-corrected chi connectivity index (χ3v) is 3.14. The summed E-state index contributed by atoms with van der Waals surface area (Å²) in [4.78, 5) is 0. The van der Waals surface area contributed by atoms with Gasteiger partial charge in [-0.25, -0.2) is 4.39 Å². The summed E-state index contributed by atoms with van der Waals surface area (Å²) in [5, 5.41) is 3.76. The van der Waals surface area contributed by atoms with Crippen LogP contribution in [0.2, 0.25) is 5.02 Å². The Kier molecular flexibility index (Phi) is 4.92. The van der Waals surface area contributed by atoms with Gasteiger partial charge in [-0.1, -0.05) is 17.7 Å². The number of benzene rings is 1. The molecule has 0 amide bonds. The highest BCUT2D eigenvalue weighted by molar-refractivity contribution is 6.31. The molecule has 1 rings (SSSR count). The summed E-state index contributed by atoms with van der Waals surface area (Å²) in [6.45, 7) is 6.68. The normalized spacial score (nSPS) is 13.8. The van der Waals surface area contributed by atoms with E-state index in [1.165, 1.54) is 12.1 Å². The number of nitrogens with one attached hydrogen (secondary N) is 1. The zero-order valence-electron chi connectivity index (χ0n) is 10.7. The summed E-state index contributed by atoms with van der Waals surface area (Å²) in [6.07, 6.45) is 0. The Morgan fingerprint density at radius 2 is 2.12 bits per heavy atom. The van der Waals surface area contributed by atoms with E-state index in [1.807, 2.05) is 20.8 Å². The van der Waals surface area contributed by atoms with Gasteiger partial charge in [0, 0.05) is 24.7 Å². The molecule has 0 bridgehead atoms. The van der Waals surface area contributed by atoms with Gasteiger partial charge in [0.2, 0.25) is 0 Å². The van der Waals surface area contributed by atoms with E-state index in [9.17, 15) is 4.39 Å². The van der Waals surface area contributed by atoms with Crippen LogP contribution in [0.15, 0.2) is 18.2 Å². The Morgan fingerprint density at radius 1 is 1.47 bits per heavy atom. The number of ether oxygens (including phenoxy) is 1. The minimum atomic E-state index is -0.317. The van der Waals surface area contributed by atoms with E-state index in [0.29, 0.717) is 11.6 Å². The average Bonchev–Trinajstić information content (AvgIpc) is 2.26. The minimum absolute atomic E-state index is 0.0533. The molecule has 17 heavy (non-hydrogen) atoms. The molecule has 0 aliphatic carbocycles.